The highest BCUT2D eigenvalue weighted by atomic mass is 32.2. The molecule has 2 unspecified atom stereocenters. The number of likely N-dealkylation sites (tertiary alicyclic amines) is 1. The third-order valence-corrected chi connectivity index (χ3v) is 12.8. The minimum atomic E-state index is -3.85. The van der Waals surface area contributed by atoms with E-state index in [0.29, 0.717) is 48.3 Å². The lowest BCUT2D eigenvalue weighted by atomic mass is 9.81. The number of aliphatic imine (C=N–C) groups is 1. The van der Waals surface area contributed by atoms with E-state index in [1.54, 1.807) is 33.2 Å². The van der Waals surface area contributed by atoms with Crippen molar-refractivity contribution in [3.63, 3.8) is 0 Å². The predicted molar refractivity (Wildman–Crippen MR) is 204 cm³/mol. The second kappa shape index (κ2) is 14.2. The summed E-state index contributed by atoms with van der Waals surface area (Å²) in [5.74, 6) is 0.153. The van der Waals surface area contributed by atoms with E-state index in [9.17, 15) is 18.0 Å². The van der Waals surface area contributed by atoms with E-state index in [-0.39, 0.29) is 23.7 Å². The molecule has 2 atom stereocenters. The molecule has 276 valence electrons. The zero-order chi connectivity index (χ0) is 36.9. The first-order chi connectivity index (χ1) is 24.9. The molecule has 3 aliphatic heterocycles. The Morgan fingerprint density at radius 3 is 2.37 bits per heavy atom. The molecule has 4 aliphatic rings. The van der Waals surface area contributed by atoms with Crippen molar-refractivity contribution in [2.45, 2.75) is 95.6 Å². The minimum Gasteiger partial charge on any atom is -0.497 e. The molecule has 2 aromatic carbocycles. The fourth-order valence-electron chi connectivity index (χ4n) is 8.44. The molecule has 1 aromatic heterocycles. The lowest BCUT2D eigenvalue weighted by Gasteiger charge is -2.33. The zero-order valence-corrected chi connectivity index (χ0v) is 31.5. The number of methoxy groups -OCH3 is 1. The molecule has 3 N–H and O–H groups in total. The third kappa shape index (κ3) is 6.55. The van der Waals surface area contributed by atoms with Gasteiger partial charge in [0.25, 0.3) is 11.8 Å². The Morgan fingerprint density at radius 2 is 1.73 bits per heavy atom. The predicted octanol–water partition coefficient (Wildman–Crippen LogP) is 5.92. The highest BCUT2D eigenvalue weighted by molar-refractivity contribution is 7.90. The standard InChI is InChI=1S/C40H49N5O6S/c1-23(2)52(48,49)43-39(46)26-11-15-33-34(19-26)45-20-28(37(42-4)35(24(3)41)40(47)44-21-30-12-13-31(22-44)51-30)17-27-18-29(50-5)14-16-32(27)38(45)36(33)25-9-7-6-8-10-25/h11,14-19,23,25,30-31H,6-10,12-13,20-22,41H2,1-5H3,(H,43,46). The summed E-state index contributed by atoms with van der Waals surface area (Å²) in [7, 11) is -0.515. The Hall–Kier alpha value is -4.42. The summed E-state index contributed by atoms with van der Waals surface area (Å²) in [6, 6.07) is 11.5. The molecule has 1 saturated carbocycles. The fourth-order valence-corrected chi connectivity index (χ4v) is 9.06. The van der Waals surface area contributed by atoms with Gasteiger partial charge in [-0.15, -0.1) is 0 Å². The Morgan fingerprint density at radius 1 is 1.02 bits per heavy atom. The molecule has 7 rings (SSSR count). The normalized spacial score (nSPS) is 21.3. The lowest BCUT2D eigenvalue weighted by Crippen LogP contribution is -2.47. The van der Waals surface area contributed by atoms with E-state index in [1.165, 1.54) is 25.8 Å². The van der Waals surface area contributed by atoms with Crippen LogP contribution in [0.1, 0.15) is 93.1 Å². The smallest absolute Gasteiger partial charge is 0.264 e. The van der Waals surface area contributed by atoms with Gasteiger partial charge in [-0.05, 0) is 105 Å². The van der Waals surface area contributed by atoms with Crippen molar-refractivity contribution < 1.29 is 27.5 Å². The van der Waals surface area contributed by atoms with Crippen LogP contribution in [-0.2, 0) is 26.1 Å². The van der Waals surface area contributed by atoms with Gasteiger partial charge in [0.1, 0.15) is 5.75 Å². The number of nitrogens with zero attached hydrogens (tertiary/aromatic N) is 3. The van der Waals surface area contributed by atoms with Crippen LogP contribution in [0.5, 0.6) is 5.75 Å². The van der Waals surface area contributed by atoms with Crippen molar-refractivity contribution in [1.82, 2.24) is 14.2 Å². The van der Waals surface area contributed by atoms with E-state index in [2.05, 4.69) is 21.4 Å². The molecule has 3 fully saturated rings. The van der Waals surface area contributed by atoms with E-state index in [1.807, 2.05) is 23.1 Å². The molecule has 1 aliphatic carbocycles. The van der Waals surface area contributed by atoms with E-state index >= 15 is 0 Å². The number of hydrogen-bond donors (Lipinski definition) is 2. The number of sulfonamides is 1. The van der Waals surface area contributed by atoms with Crippen molar-refractivity contribution in [3.8, 4) is 17.0 Å². The van der Waals surface area contributed by atoms with Crippen LogP contribution in [-0.4, -0.2) is 80.1 Å². The number of nitrogens with two attached hydrogens (primary N) is 1. The Bertz CT molecular complexity index is 2120. The number of carbonyl (C=O) groups excluding carboxylic acids is 2. The number of morpholine rings is 1. The van der Waals surface area contributed by atoms with Gasteiger partial charge in [0.2, 0.25) is 10.0 Å². The van der Waals surface area contributed by atoms with Crippen LogP contribution in [0.15, 0.2) is 58.2 Å². The van der Waals surface area contributed by atoms with E-state index in [0.717, 1.165) is 71.8 Å². The molecule has 2 amide bonds. The molecule has 12 heteroatoms. The first-order valence-electron chi connectivity index (χ1n) is 18.4. The fraction of sp³-hybridized carbons (Fsp3) is 0.475. The summed E-state index contributed by atoms with van der Waals surface area (Å²) >= 11 is 0. The van der Waals surface area contributed by atoms with Gasteiger partial charge in [-0.1, -0.05) is 25.3 Å². The maximum absolute atomic E-state index is 14.4. The van der Waals surface area contributed by atoms with Gasteiger partial charge in [0.05, 0.1) is 48.1 Å². The van der Waals surface area contributed by atoms with Crippen molar-refractivity contribution >= 4 is 44.5 Å². The maximum atomic E-state index is 14.4. The zero-order valence-electron chi connectivity index (χ0n) is 30.7. The molecule has 3 aromatic rings. The molecule has 0 spiro atoms. The Kier molecular flexibility index (Phi) is 9.81. The number of ether oxygens (including phenoxy) is 2. The van der Waals surface area contributed by atoms with Crippen LogP contribution in [0.25, 0.3) is 28.2 Å². The number of benzene rings is 2. The van der Waals surface area contributed by atoms with Gasteiger partial charge in [-0.2, -0.15) is 0 Å². The number of amides is 2. The number of allylic oxidation sites excluding steroid dienone is 2. The largest absolute Gasteiger partial charge is 0.497 e. The molecule has 2 saturated heterocycles. The average Bonchev–Trinajstić information content (AvgIpc) is 3.57. The molecular formula is C40H49N5O6S. The van der Waals surface area contributed by atoms with Crippen molar-refractivity contribution in [2.24, 2.45) is 10.7 Å². The number of carbonyl (C=O) groups is 2. The number of aromatic nitrogens is 1. The Labute approximate surface area is 306 Å². The monoisotopic (exact) mass is 727 g/mol. The highest BCUT2D eigenvalue weighted by Crippen LogP contribution is 2.47. The van der Waals surface area contributed by atoms with Gasteiger partial charge in [0, 0.05) is 47.9 Å². The first-order valence-corrected chi connectivity index (χ1v) is 19.9. The summed E-state index contributed by atoms with van der Waals surface area (Å²) in [4.78, 5) is 34.5. The van der Waals surface area contributed by atoms with Gasteiger partial charge in [0.15, 0.2) is 0 Å². The second-order valence-electron chi connectivity index (χ2n) is 14.9. The summed E-state index contributed by atoms with van der Waals surface area (Å²) in [6.45, 7) is 6.17. The Balaban J connectivity index is 1.41. The number of hydrogen-bond acceptors (Lipinski definition) is 8. The highest BCUT2D eigenvalue weighted by Gasteiger charge is 2.39. The van der Waals surface area contributed by atoms with Crippen LogP contribution < -0.4 is 15.2 Å². The number of nitrogens with one attached hydrogen (secondary N) is 1. The maximum Gasteiger partial charge on any atom is 0.264 e. The van der Waals surface area contributed by atoms with Crippen LogP contribution in [0.2, 0.25) is 0 Å². The van der Waals surface area contributed by atoms with E-state index < -0.39 is 21.2 Å². The SMILES string of the molecule is CN=C(C1=Cc2cc(OC)ccc2-c2c(C3CCCCC3)c3ccc(C(=O)NS(=O)(=O)C(C)C)cc3n2C1)C(C(=O)N1CC2CCC(C1)O2)=C(C)N. The summed E-state index contributed by atoms with van der Waals surface area (Å²) < 4.78 is 41.6. The van der Waals surface area contributed by atoms with Crippen LogP contribution in [0, 0.1) is 0 Å². The summed E-state index contributed by atoms with van der Waals surface area (Å²) in [5.41, 5.74) is 13.8. The lowest BCUT2D eigenvalue weighted by molar-refractivity contribution is -0.135. The third-order valence-electron chi connectivity index (χ3n) is 11.1. The van der Waals surface area contributed by atoms with Crippen molar-refractivity contribution in [3.05, 3.63) is 69.9 Å². The molecule has 11 nitrogen and oxygen atoms in total. The van der Waals surface area contributed by atoms with Crippen molar-refractivity contribution in [2.75, 3.05) is 27.2 Å². The van der Waals surface area contributed by atoms with Gasteiger partial charge >= 0.3 is 0 Å². The van der Waals surface area contributed by atoms with Gasteiger partial charge < -0.3 is 24.7 Å². The minimum absolute atomic E-state index is 0.0226. The molecule has 52 heavy (non-hydrogen) atoms. The van der Waals surface area contributed by atoms with Gasteiger partial charge in [-0.25, -0.2) is 13.1 Å². The second-order valence-corrected chi connectivity index (χ2v) is 17.1. The topological polar surface area (TPSA) is 145 Å². The number of rotatable bonds is 8. The first kappa shape index (κ1) is 36.0. The molecular weight excluding hydrogens is 679 g/mol. The number of fused-ring (bicyclic) bond motifs is 7. The van der Waals surface area contributed by atoms with Crippen LogP contribution in [0.4, 0.5) is 0 Å². The van der Waals surface area contributed by atoms with Crippen molar-refractivity contribution in [1.29, 1.82) is 0 Å². The van der Waals surface area contributed by atoms with E-state index in [4.69, 9.17) is 20.2 Å². The summed E-state index contributed by atoms with van der Waals surface area (Å²) in [5, 5.41) is 0.257. The van der Waals surface area contributed by atoms with Crippen LogP contribution >= 0.6 is 0 Å². The average molecular weight is 728 g/mol. The van der Waals surface area contributed by atoms with Crippen LogP contribution in [0.3, 0.4) is 0 Å². The summed E-state index contributed by atoms with van der Waals surface area (Å²) in [6.07, 6.45) is 9.54. The molecule has 4 heterocycles. The molecule has 2 bridgehead atoms. The quantitative estimate of drug-likeness (QED) is 0.216. The van der Waals surface area contributed by atoms with Gasteiger partial charge in [-0.3, -0.25) is 14.6 Å². The molecule has 0 radical (unpaired) electrons.